The van der Waals surface area contributed by atoms with E-state index in [9.17, 15) is 4.79 Å². The van der Waals surface area contributed by atoms with E-state index in [1.165, 1.54) is 7.11 Å². The number of likely N-dealkylation sites (N-methyl/N-ethyl adjacent to an activating group) is 2. The van der Waals surface area contributed by atoms with Crippen molar-refractivity contribution in [2.75, 3.05) is 40.5 Å². The smallest absolute Gasteiger partial charge is 0.322 e. The summed E-state index contributed by atoms with van der Waals surface area (Å²) in [6.07, 6.45) is 1.86. The second kappa shape index (κ2) is 7.63. The first kappa shape index (κ1) is 14.4. The standard InChI is InChI=1S/C12H24N2O3/c1-4-13-11(12(15)16-3)5-7-14(2)10-6-8-17-9-10/h10-11,13H,4-9H2,1-3H3. The van der Waals surface area contributed by atoms with E-state index in [1.807, 2.05) is 6.92 Å². The van der Waals surface area contributed by atoms with E-state index < -0.39 is 0 Å². The highest BCUT2D eigenvalue weighted by molar-refractivity contribution is 5.75. The zero-order valence-electron chi connectivity index (χ0n) is 11.1. The molecule has 1 rings (SSSR count). The lowest BCUT2D eigenvalue weighted by Gasteiger charge is -2.25. The molecule has 2 unspecified atom stereocenters. The Hall–Kier alpha value is -0.650. The molecule has 17 heavy (non-hydrogen) atoms. The average molecular weight is 244 g/mol. The quantitative estimate of drug-likeness (QED) is 0.651. The molecule has 5 heteroatoms. The summed E-state index contributed by atoms with van der Waals surface area (Å²) in [7, 11) is 3.51. The van der Waals surface area contributed by atoms with E-state index in [1.54, 1.807) is 0 Å². The van der Waals surface area contributed by atoms with Gasteiger partial charge in [0.15, 0.2) is 0 Å². The molecule has 1 heterocycles. The lowest BCUT2D eigenvalue weighted by Crippen LogP contribution is -2.42. The molecule has 100 valence electrons. The van der Waals surface area contributed by atoms with Gasteiger partial charge in [0.25, 0.3) is 0 Å². The predicted octanol–water partition coefficient (Wildman–Crippen LogP) is 0.248. The van der Waals surface area contributed by atoms with E-state index in [0.717, 1.165) is 39.1 Å². The van der Waals surface area contributed by atoms with Gasteiger partial charge in [0.05, 0.1) is 13.7 Å². The summed E-state index contributed by atoms with van der Waals surface area (Å²) in [4.78, 5) is 13.8. The third-order valence-electron chi connectivity index (χ3n) is 3.24. The monoisotopic (exact) mass is 244 g/mol. The van der Waals surface area contributed by atoms with Gasteiger partial charge in [-0.2, -0.15) is 0 Å². The van der Waals surface area contributed by atoms with Crippen molar-refractivity contribution in [3.05, 3.63) is 0 Å². The molecule has 1 saturated heterocycles. The van der Waals surface area contributed by atoms with Crippen molar-refractivity contribution in [3.63, 3.8) is 0 Å². The van der Waals surface area contributed by atoms with Crippen molar-refractivity contribution in [2.24, 2.45) is 0 Å². The first-order chi connectivity index (χ1) is 8.19. The normalized spacial score (nSPS) is 21.8. The van der Waals surface area contributed by atoms with Crippen LogP contribution >= 0.6 is 0 Å². The maximum Gasteiger partial charge on any atom is 0.322 e. The molecule has 1 aliphatic heterocycles. The number of carbonyl (C=O) groups is 1. The molecule has 0 aromatic heterocycles. The number of rotatable bonds is 7. The average Bonchev–Trinajstić information content (AvgIpc) is 2.86. The number of methoxy groups -OCH3 is 1. The Kier molecular flexibility index (Phi) is 6.47. The molecule has 1 fully saturated rings. The van der Waals surface area contributed by atoms with Crippen molar-refractivity contribution in [3.8, 4) is 0 Å². The van der Waals surface area contributed by atoms with Gasteiger partial charge in [0.2, 0.25) is 0 Å². The summed E-state index contributed by atoms with van der Waals surface area (Å²) in [6.45, 7) is 5.30. The second-order valence-electron chi connectivity index (χ2n) is 4.42. The van der Waals surface area contributed by atoms with Gasteiger partial charge in [-0.1, -0.05) is 6.92 Å². The number of hydrogen-bond acceptors (Lipinski definition) is 5. The molecule has 0 amide bonds. The molecule has 2 atom stereocenters. The fourth-order valence-electron chi connectivity index (χ4n) is 2.08. The van der Waals surface area contributed by atoms with Gasteiger partial charge in [-0.05, 0) is 26.4 Å². The molecule has 0 bridgehead atoms. The molecule has 5 nitrogen and oxygen atoms in total. The first-order valence-electron chi connectivity index (χ1n) is 6.28. The summed E-state index contributed by atoms with van der Waals surface area (Å²) < 4.78 is 10.1. The van der Waals surface area contributed by atoms with E-state index in [4.69, 9.17) is 9.47 Å². The Morgan fingerprint density at radius 2 is 2.41 bits per heavy atom. The zero-order valence-corrected chi connectivity index (χ0v) is 11.1. The van der Waals surface area contributed by atoms with Crippen LogP contribution in [0.5, 0.6) is 0 Å². The molecular weight excluding hydrogens is 220 g/mol. The summed E-state index contributed by atoms with van der Waals surface area (Å²) in [6, 6.07) is 0.296. The summed E-state index contributed by atoms with van der Waals surface area (Å²) in [5, 5.41) is 3.15. The zero-order chi connectivity index (χ0) is 12.7. The topological polar surface area (TPSA) is 50.8 Å². The van der Waals surface area contributed by atoms with Crippen LogP contribution in [0.4, 0.5) is 0 Å². The number of hydrogen-bond donors (Lipinski definition) is 1. The Labute approximate surface area is 103 Å². The molecule has 0 aromatic rings. The molecule has 0 radical (unpaired) electrons. The maximum atomic E-state index is 11.5. The number of nitrogens with one attached hydrogen (secondary N) is 1. The number of carbonyl (C=O) groups excluding carboxylic acids is 1. The molecular formula is C12H24N2O3. The van der Waals surface area contributed by atoms with Gasteiger partial charge in [0.1, 0.15) is 6.04 Å². The van der Waals surface area contributed by atoms with Crippen molar-refractivity contribution < 1.29 is 14.3 Å². The van der Waals surface area contributed by atoms with Gasteiger partial charge < -0.3 is 19.7 Å². The molecule has 0 spiro atoms. The Bertz CT molecular complexity index is 230. The molecule has 1 aliphatic rings. The third kappa shape index (κ3) is 4.61. The van der Waals surface area contributed by atoms with Crippen molar-refractivity contribution in [2.45, 2.75) is 31.8 Å². The Balaban J connectivity index is 2.31. The summed E-state index contributed by atoms with van der Waals surface area (Å²) in [5.74, 6) is -0.178. The van der Waals surface area contributed by atoms with E-state index in [-0.39, 0.29) is 12.0 Å². The predicted molar refractivity (Wildman–Crippen MR) is 66.0 cm³/mol. The van der Waals surface area contributed by atoms with Crippen LogP contribution in [0.25, 0.3) is 0 Å². The van der Waals surface area contributed by atoms with E-state index >= 15 is 0 Å². The minimum Gasteiger partial charge on any atom is -0.468 e. The largest absolute Gasteiger partial charge is 0.468 e. The Morgan fingerprint density at radius 3 is 2.94 bits per heavy atom. The molecule has 0 aromatic carbocycles. The van der Waals surface area contributed by atoms with E-state index in [2.05, 4.69) is 17.3 Å². The maximum absolute atomic E-state index is 11.5. The van der Waals surface area contributed by atoms with Crippen molar-refractivity contribution in [1.82, 2.24) is 10.2 Å². The summed E-state index contributed by atoms with van der Waals surface area (Å²) >= 11 is 0. The van der Waals surface area contributed by atoms with Crippen LogP contribution in [-0.4, -0.2) is 63.4 Å². The highest BCUT2D eigenvalue weighted by Gasteiger charge is 2.23. The van der Waals surface area contributed by atoms with Gasteiger partial charge >= 0.3 is 5.97 Å². The third-order valence-corrected chi connectivity index (χ3v) is 3.24. The van der Waals surface area contributed by atoms with Crippen LogP contribution in [0.3, 0.4) is 0 Å². The highest BCUT2D eigenvalue weighted by atomic mass is 16.5. The molecule has 0 aliphatic carbocycles. The lowest BCUT2D eigenvalue weighted by atomic mass is 10.1. The fourth-order valence-corrected chi connectivity index (χ4v) is 2.08. The summed E-state index contributed by atoms with van der Waals surface area (Å²) in [5.41, 5.74) is 0. The molecule has 0 saturated carbocycles. The van der Waals surface area contributed by atoms with Gasteiger partial charge in [-0.15, -0.1) is 0 Å². The SMILES string of the molecule is CCNC(CCN(C)C1CCOC1)C(=O)OC. The highest BCUT2D eigenvalue weighted by Crippen LogP contribution is 2.11. The Morgan fingerprint density at radius 1 is 1.65 bits per heavy atom. The second-order valence-corrected chi connectivity index (χ2v) is 4.42. The number of nitrogens with zero attached hydrogens (tertiary/aromatic N) is 1. The minimum atomic E-state index is -0.199. The van der Waals surface area contributed by atoms with Gasteiger partial charge in [0, 0.05) is 19.2 Å². The number of ether oxygens (including phenoxy) is 2. The lowest BCUT2D eigenvalue weighted by molar-refractivity contribution is -0.143. The number of esters is 1. The van der Waals surface area contributed by atoms with Crippen LogP contribution in [0, 0.1) is 0 Å². The van der Waals surface area contributed by atoms with Crippen LogP contribution in [-0.2, 0) is 14.3 Å². The van der Waals surface area contributed by atoms with Crippen LogP contribution in [0.2, 0.25) is 0 Å². The van der Waals surface area contributed by atoms with Crippen LogP contribution in [0.1, 0.15) is 19.8 Å². The minimum absolute atomic E-state index is 0.178. The van der Waals surface area contributed by atoms with Crippen molar-refractivity contribution >= 4 is 5.97 Å². The van der Waals surface area contributed by atoms with Crippen LogP contribution in [0.15, 0.2) is 0 Å². The molecule has 1 N–H and O–H groups in total. The van der Waals surface area contributed by atoms with Crippen molar-refractivity contribution in [1.29, 1.82) is 0 Å². The van der Waals surface area contributed by atoms with Gasteiger partial charge in [-0.3, -0.25) is 4.79 Å². The van der Waals surface area contributed by atoms with E-state index in [0.29, 0.717) is 6.04 Å². The first-order valence-corrected chi connectivity index (χ1v) is 6.28. The van der Waals surface area contributed by atoms with Crippen LogP contribution < -0.4 is 5.32 Å². The van der Waals surface area contributed by atoms with Gasteiger partial charge in [-0.25, -0.2) is 0 Å². The fraction of sp³-hybridized carbons (Fsp3) is 0.917.